The van der Waals surface area contributed by atoms with Gasteiger partial charge in [-0.05, 0) is 37.5 Å². The molecule has 2 aliphatic rings. The Hall–Kier alpha value is -1.91. The summed E-state index contributed by atoms with van der Waals surface area (Å²) in [7, 11) is 0. The Morgan fingerprint density at radius 3 is 2.75 bits per heavy atom. The molecule has 20 heavy (non-hydrogen) atoms. The molecule has 1 aliphatic carbocycles. The lowest BCUT2D eigenvalue weighted by atomic mass is 9.95. The summed E-state index contributed by atoms with van der Waals surface area (Å²) in [6.45, 7) is 3.98. The van der Waals surface area contributed by atoms with Crippen molar-refractivity contribution in [2.75, 3.05) is 26.4 Å². The van der Waals surface area contributed by atoms with E-state index in [2.05, 4.69) is 11.4 Å². The van der Waals surface area contributed by atoms with E-state index in [9.17, 15) is 4.79 Å². The smallest absolute Gasteiger partial charge is 0.407 e. The van der Waals surface area contributed by atoms with Crippen LogP contribution in [-0.4, -0.2) is 32.5 Å². The maximum Gasteiger partial charge on any atom is 0.407 e. The van der Waals surface area contributed by atoms with Crippen LogP contribution in [0.5, 0.6) is 11.5 Å². The Morgan fingerprint density at radius 1 is 1.30 bits per heavy atom. The molecule has 1 aliphatic heterocycles. The molecule has 0 bridgehead atoms. The molecule has 1 heterocycles. The van der Waals surface area contributed by atoms with E-state index in [0.29, 0.717) is 26.4 Å². The summed E-state index contributed by atoms with van der Waals surface area (Å²) in [5.74, 6) is 1.60. The van der Waals surface area contributed by atoms with Gasteiger partial charge in [0.2, 0.25) is 0 Å². The van der Waals surface area contributed by atoms with Crippen LogP contribution in [0.25, 0.3) is 0 Å². The van der Waals surface area contributed by atoms with Crippen LogP contribution in [0.3, 0.4) is 0 Å². The van der Waals surface area contributed by atoms with Crippen LogP contribution in [0, 0.1) is 0 Å². The topological polar surface area (TPSA) is 56.8 Å². The highest BCUT2D eigenvalue weighted by Crippen LogP contribution is 2.49. The molecule has 1 aromatic carbocycles. The molecule has 3 rings (SSSR count). The first kappa shape index (κ1) is 13.1. The van der Waals surface area contributed by atoms with Crippen molar-refractivity contribution in [3.63, 3.8) is 0 Å². The van der Waals surface area contributed by atoms with Gasteiger partial charge in [0.15, 0.2) is 11.5 Å². The van der Waals surface area contributed by atoms with E-state index in [4.69, 9.17) is 14.2 Å². The van der Waals surface area contributed by atoms with Crippen molar-refractivity contribution in [2.45, 2.75) is 25.2 Å². The molecule has 1 aromatic rings. The van der Waals surface area contributed by atoms with Gasteiger partial charge in [-0.25, -0.2) is 4.79 Å². The first-order valence-electron chi connectivity index (χ1n) is 7.04. The molecular weight excluding hydrogens is 258 g/mol. The summed E-state index contributed by atoms with van der Waals surface area (Å²) in [6.07, 6.45) is 1.79. The van der Waals surface area contributed by atoms with Crippen molar-refractivity contribution in [2.24, 2.45) is 0 Å². The van der Waals surface area contributed by atoms with Crippen LogP contribution in [0.2, 0.25) is 0 Å². The molecule has 0 atom stereocenters. The lowest BCUT2D eigenvalue weighted by Gasteiger charge is -2.22. The fourth-order valence-electron chi connectivity index (χ4n) is 2.52. The first-order valence-corrected chi connectivity index (χ1v) is 7.04. The maximum absolute atomic E-state index is 11.4. The first-order chi connectivity index (χ1) is 9.73. The Kier molecular flexibility index (Phi) is 3.42. The summed E-state index contributed by atoms with van der Waals surface area (Å²) < 4.78 is 16.0. The predicted molar refractivity (Wildman–Crippen MR) is 73.4 cm³/mol. The number of amides is 1. The van der Waals surface area contributed by atoms with E-state index in [1.165, 1.54) is 5.56 Å². The fourth-order valence-corrected chi connectivity index (χ4v) is 2.52. The number of hydrogen-bond donors (Lipinski definition) is 1. The second-order valence-corrected chi connectivity index (χ2v) is 5.21. The third-order valence-electron chi connectivity index (χ3n) is 3.85. The lowest BCUT2D eigenvalue weighted by Crippen LogP contribution is -2.32. The van der Waals surface area contributed by atoms with E-state index >= 15 is 0 Å². The van der Waals surface area contributed by atoms with Gasteiger partial charge in [0.25, 0.3) is 0 Å². The van der Waals surface area contributed by atoms with E-state index in [1.807, 2.05) is 12.1 Å². The minimum Gasteiger partial charge on any atom is -0.486 e. The molecule has 0 radical (unpaired) electrons. The molecule has 0 unspecified atom stereocenters. The number of hydrogen-bond acceptors (Lipinski definition) is 4. The number of fused-ring (bicyclic) bond motifs is 1. The zero-order valence-electron chi connectivity index (χ0n) is 11.6. The Labute approximate surface area is 118 Å². The molecule has 108 valence electrons. The maximum atomic E-state index is 11.4. The van der Waals surface area contributed by atoms with Crippen LogP contribution < -0.4 is 14.8 Å². The monoisotopic (exact) mass is 277 g/mol. The predicted octanol–water partition coefficient (Wildman–Crippen LogP) is 2.24. The zero-order chi connectivity index (χ0) is 14.0. The van der Waals surface area contributed by atoms with Crippen molar-refractivity contribution in [1.29, 1.82) is 0 Å². The summed E-state index contributed by atoms with van der Waals surface area (Å²) in [5, 5.41) is 2.83. The minimum absolute atomic E-state index is 0.0304. The minimum atomic E-state index is -0.351. The van der Waals surface area contributed by atoms with Gasteiger partial charge in [-0.15, -0.1) is 0 Å². The molecule has 0 spiro atoms. The quantitative estimate of drug-likeness (QED) is 0.917. The second kappa shape index (κ2) is 5.23. The van der Waals surface area contributed by atoms with E-state index in [-0.39, 0.29) is 11.5 Å². The fraction of sp³-hybridized carbons (Fsp3) is 0.533. The van der Waals surface area contributed by atoms with Gasteiger partial charge in [0.1, 0.15) is 13.2 Å². The highest BCUT2D eigenvalue weighted by atomic mass is 16.6. The molecule has 0 aromatic heterocycles. The summed E-state index contributed by atoms with van der Waals surface area (Å²) in [4.78, 5) is 11.4. The van der Waals surface area contributed by atoms with Crippen molar-refractivity contribution < 1.29 is 19.0 Å². The molecular formula is C15H19NO4. The van der Waals surface area contributed by atoms with Gasteiger partial charge in [0.05, 0.1) is 6.61 Å². The zero-order valence-corrected chi connectivity index (χ0v) is 11.6. The van der Waals surface area contributed by atoms with E-state index < -0.39 is 0 Å². The average Bonchev–Trinajstić information content (AvgIpc) is 3.26. The van der Waals surface area contributed by atoms with Crippen LogP contribution in [0.4, 0.5) is 4.79 Å². The van der Waals surface area contributed by atoms with Crippen LogP contribution in [-0.2, 0) is 10.2 Å². The summed E-state index contributed by atoms with van der Waals surface area (Å²) in [6, 6.07) is 6.05. The third kappa shape index (κ3) is 2.53. The molecule has 5 heteroatoms. The molecule has 5 nitrogen and oxygen atoms in total. The Morgan fingerprint density at radius 2 is 2.05 bits per heavy atom. The van der Waals surface area contributed by atoms with Gasteiger partial charge in [-0.2, -0.15) is 0 Å². The normalized spacial score (nSPS) is 18.2. The molecule has 0 saturated heterocycles. The van der Waals surface area contributed by atoms with Crippen molar-refractivity contribution in [3.8, 4) is 11.5 Å². The van der Waals surface area contributed by atoms with Crippen LogP contribution in [0.1, 0.15) is 25.3 Å². The molecule has 1 saturated carbocycles. The van der Waals surface area contributed by atoms with E-state index in [1.54, 1.807) is 6.92 Å². The lowest BCUT2D eigenvalue weighted by molar-refractivity contribution is 0.151. The highest BCUT2D eigenvalue weighted by Gasteiger charge is 2.45. The number of rotatable bonds is 4. The van der Waals surface area contributed by atoms with Gasteiger partial charge < -0.3 is 19.5 Å². The molecule has 1 fully saturated rings. The summed E-state index contributed by atoms with van der Waals surface area (Å²) >= 11 is 0. The van der Waals surface area contributed by atoms with Crippen LogP contribution in [0.15, 0.2) is 18.2 Å². The Balaban J connectivity index is 1.70. The largest absolute Gasteiger partial charge is 0.486 e. The van der Waals surface area contributed by atoms with Crippen molar-refractivity contribution >= 4 is 6.09 Å². The number of carbonyl (C=O) groups is 1. The standard InChI is InChI=1S/C15H19NO4/c1-2-18-14(17)16-10-15(5-6-15)11-3-4-12-13(9-11)20-8-7-19-12/h3-4,9H,2,5-8,10H2,1H3,(H,16,17). The van der Waals surface area contributed by atoms with E-state index in [0.717, 1.165) is 24.3 Å². The van der Waals surface area contributed by atoms with Gasteiger partial charge in [-0.1, -0.05) is 6.07 Å². The Bertz CT molecular complexity index is 511. The number of alkyl carbamates (subject to hydrolysis) is 1. The second-order valence-electron chi connectivity index (χ2n) is 5.21. The third-order valence-corrected chi connectivity index (χ3v) is 3.85. The SMILES string of the molecule is CCOC(=O)NCC1(c2ccc3c(c2)OCCO3)CC1. The number of carbonyl (C=O) groups excluding carboxylic acids is 1. The van der Waals surface area contributed by atoms with Gasteiger partial charge in [0, 0.05) is 12.0 Å². The van der Waals surface area contributed by atoms with Crippen molar-refractivity contribution in [3.05, 3.63) is 23.8 Å². The summed E-state index contributed by atoms with van der Waals surface area (Å²) in [5.41, 5.74) is 1.22. The van der Waals surface area contributed by atoms with Gasteiger partial charge >= 0.3 is 6.09 Å². The van der Waals surface area contributed by atoms with Crippen LogP contribution >= 0.6 is 0 Å². The highest BCUT2D eigenvalue weighted by molar-refractivity contribution is 5.67. The molecule has 1 amide bonds. The number of ether oxygens (including phenoxy) is 3. The number of nitrogens with one attached hydrogen (secondary N) is 1. The van der Waals surface area contributed by atoms with Gasteiger partial charge in [-0.3, -0.25) is 0 Å². The van der Waals surface area contributed by atoms with Crippen molar-refractivity contribution in [1.82, 2.24) is 5.32 Å². The molecule has 1 N–H and O–H groups in total. The average molecular weight is 277 g/mol. The number of benzene rings is 1.